The lowest BCUT2D eigenvalue weighted by Gasteiger charge is -2.11. The third-order valence-electron chi connectivity index (χ3n) is 3.76. The number of methoxy groups -OCH3 is 2. The molecule has 0 unspecified atom stereocenters. The smallest absolute Gasteiger partial charge is 0.309 e. The summed E-state index contributed by atoms with van der Waals surface area (Å²) in [6, 6.07) is 11.7. The van der Waals surface area contributed by atoms with Crippen LogP contribution >= 0.6 is 0 Å². The third kappa shape index (κ3) is 5.32. The molecular weight excluding hydrogens is 350 g/mol. The van der Waals surface area contributed by atoms with Crippen LogP contribution in [0.3, 0.4) is 0 Å². The van der Waals surface area contributed by atoms with Crippen molar-refractivity contribution in [2.45, 2.75) is 6.42 Å². The second-order valence-electron chi connectivity index (χ2n) is 5.56. The van der Waals surface area contributed by atoms with Gasteiger partial charge in [-0.2, -0.15) is 0 Å². The quantitative estimate of drug-likeness (QED) is 0.517. The minimum atomic E-state index is -1.03. The molecule has 0 aliphatic heterocycles. The molecule has 7 nitrogen and oxygen atoms in total. The van der Waals surface area contributed by atoms with Gasteiger partial charge in [-0.25, -0.2) is 0 Å². The van der Waals surface area contributed by atoms with Crippen molar-refractivity contribution in [1.82, 2.24) is 5.48 Å². The number of carbonyl (C=O) groups excluding carboxylic acids is 1. The molecule has 0 amide bonds. The summed E-state index contributed by atoms with van der Waals surface area (Å²) in [7, 11) is 4.44. The summed E-state index contributed by atoms with van der Waals surface area (Å²) in [5.74, 6) is -0.0514. The number of rotatable bonds is 9. The van der Waals surface area contributed by atoms with E-state index in [0.29, 0.717) is 33.9 Å². The number of benzene rings is 2. The van der Waals surface area contributed by atoms with E-state index in [9.17, 15) is 9.59 Å². The van der Waals surface area contributed by atoms with Gasteiger partial charge in [-0.05, 0) is 54.1 Å². The van der Waals surface area contributed by atoms with Crippen molar-refractivity contribution in [3.8, 4) is 11.5 Å². The van der Waals surface area contributed by atoms with Crippen molar-refractivity contribution in [2.75, 3.05) is 21.3 Å². The Bertz CT molecular complexity index is 842. The Kier molecular flexibility index (Phi) is 6.96. The summed E-state index contributed by atoms with van der Waals surface area (Å²) in [5, 5.41) is 9.06. The van der Waals surface area contributed by atoms with Gasteiger partial charge >= 0.3 is 5.97 Å². The lowest BCUT2D eigenvalue weighted by molar-refractivity contribution is -0.136. The van der Waals surface area contributed by atoms with E-state index in [2.05, 4.69) is 5.48 Å². The van der Waals surface area contributed by atoms with Crippen molar-refractivity contribution in [3.05, 3.63) is 64.9 Å². The highest BCUT2D eigenvalue weighted by molar-refractivity contribution is 6.11. The monoisotopic (exact) mass is 371 g/mol. The van der Waals surface area contributed by atoms with Crippen LogP contribution in [0.15, 0.2) is 48.2 Å². The molecule has 2 rings (SSSR count). The molecule has 2 aromatic carbocycles. The highest BCUT2D eigenvalue weighted by atomic mass is 16.6. The topological polar surface area (TPSA) is 94.1 Å². The molecule has 2 N–H and O–H groups in total. The van der Waals surface area contributed by atoms with E-state index in [0.717, 1.165) is 0 Å². The Morgan fingerprint density at radius 1 is 1.00 bits per heavy atom. The van der Waals surface area contributed by atoms with Crippen LogP contribution in [-0.2, 0) is 9.63 Å². The molecule has 0 radical (unpaired) electrons. The zero-order valence-corrected chi connectivity index (χ0v) is 15.3. The van der Waals surface area contributed by atoms with Crippen LogP contribution in [0.5, 0.6) is 11.5 Å². The Labute approximate surface area is 157 Å². The van der Waals surface area contributed by atoms with E-state index >= 15 is 0 Å². The molecule has 0 spiro atoms. The summed E-state index contributed by atoms with van der Waals surface area (Å²) < 4.78 is 10.3. The number of carboxylic acids is 1. The first-order valence-electron chi connectivity index (χ1n) is 8.06. The fraction of sp³-hybridized carbons (Fsp3) is 0.200. The van der Waals surface area contributed by atoms with Gasteiger partial charge in [0, 0.05) is 16.8 Å². The van der Waals surface area contributed by atoms with Gasteiger partial charge < -0.3 is 14.6 Å². The first-order valence-corrected chi connectivity index (χ1v) is 8.06. The highest BCUT2D eigenvalue weighted by Gasteiger charge is 2.15. The zero-order valence-electron chi connectivity index (χ0n) is 15.3. The van der Waals surface area contributed by atoms with Crippen LogP contribution in [0.25, 0.3) is 6.08 Å². The van der Waals surface area contributed by atoms with Crippen molar-refractivity contribution >= 4 is 17.8 Å². The number of nitrogens with one attached hydrogen (secondary N) is 1. The predicted octanol–water partition coefficient (Wildman–Crippen LogP) is 2.90. The maximum Gasteiger partial charge on any atom is 0.309 e. The van der Waals surface area contributed by atoms with E-state index in [1.165, 1.54) is 14.2 Å². The first kappa shape index (κ1) is 20.0. The maximum absolute atomic E-state index is 12.9. The molecular formula is C20H21NO6. The zero-order chi connectivity index (χ0) is 19.8. The third-order valence-corrected chi connectivity index (χ3v) is 3.76. The fourth-order valence-corrected chi connectivity index (χ4v) is 2.49. The first-order chi connectivity index (χ1) is 13.0. The predicted molar refractivity (Wildman–Crippen MR) is 99.8 cm³/mol. The number of hydrogen-bond acceptors (Lipinski definition) is 6. The Balaban J connectivity index is 2.48. The molecule has 27 heavy (non-hydrogen) atoms. The largest absolute Gasteiger partial charge is 0.497 e. The number of ether oxygens (including phenoxy) is 2. The van der Waals surface area contributed by atoms with Gasteiger partial charge in [0.2, 0.25) is 0 Å². The molecule has 2 aromatic rings. The minimum Gasteiger partial charge on any atom is -0.497 e. The van der Waals surface area contributed by atoms with E-state index in [-0.39, 0.29) is 12.2 Å². The number of aliphatic carboxylic acids is 1. The standard InChI is InChI=1S/C20H21NO6/c1-25-16-6-4-13(5-7-16)20(24)18-9-8-17(26-2)11-14(18)10-15(21-27-3)12-19(22)23/h4-11,21H,12H2,1-3H3,(H,22,23). The molecule has 7 heteroatoms. The van der Waals surface area contributed by atoms with Crippen molar-refractivity contribution < 1.29 is 29.0 Å². The van der Waals surface area contributed by atoms with Gasteiger partial charge in [0.05, 0.1) is 27.8 Å². The average Bonchev–Trinajstić information content (AvgIpc) is 2.67. The Morgan fingerprint density at radius 2 is 1.63 bits per heavy atom. The lowest BCUT2D eigenvalue weighted by Crippen LogP contribution is -2.15. The van der Waals surface area contributed by atoms with Crippen LogP contribution in [-0.4, -0.2) is 38.2 Å². The maximum atomic E-state index is 12.9. The molecule has 142 valence electrons. The molecule has 0 aliphatic carbocycles. The normalized spacial score (nSPS) is 11.0. The van der Waals surface area contributed by atoms with E-state index in [1.54, 1.807) is 55.7 Å². The SMILES string of the molecule is CONC(=Cc1cc(OC)ccc1C(=O)c1ccc(OC)cc1)CC(=O)O. The van der Waals surface area contributed by atoms with E-state index < -0.39 is 5.97 Å². The number of carboxylic acid groups (broad SMARTS) is 1. The second-order valence-corrected chi connectivity index (χ2v) is 5.56. The summed E-state index contributed by atoms with van der Waals surface area (Å²) in [4.78, 5) is 28.8. The van der Waals surface area contributed by atoms with Crippen LogP contribution in [0.2, 0.25) is 0 Å². The lowest BCUT2D eigenvalue weighted by atomic mass is 9.97. The number of hydroxylamine groups is 1. The summed E-state index contributed by atoms with van der Waals surface area (Å²) in [6.07, 6.45) is 1.26. The minimum absolute atomic E-state index is 0.210. The Hall–Kier alpha value is -3.32. The van der Waals surface area contributed by atoms with Crippen molar-refractivity contribution in [2.24, 2.45) is 0 Å². The van der Waals surface area contributed by atoms with Crippen LogP contribution in [0, 0.1) is 0 Å². The molecule has 0 fully saturated rings. The Morgan fingerprint density at radius 3 is 2.19 bits per heavy atom. The fourth-order valence-electron chi connectivity index (χ4n) is 2.49. The van der Waals surface area contributed by atoms with Gasteiger partial charge in [-0.15, -0.1) is 0 Å². The molecule has 0 aliphatic rings. The van der Waals surface area contributed by atoms with Gasteiger partial charge in [-0.3, -0.25) is 19.9 Å². The number of carbonyl (C=O) groups is 2. The second kappa shape index (κ2) is 9.40. The summed E-state index contributed by atoms with van der Waals surface area (Å²) in [5.41, 5.74) is 4.22. The van der Waals surface area contributed by atoms with Crippen molar-refractivity contribution in [1.29, 1.82) is 0 Å². The highest BCUT2D eigenvalue weighted by Crippen LogP contribution is 2.24. The average molecular weight is 371 g/mol. The van der Waals surface area contributed by atoms with Gasteiger partial charge in [0.1, 0.15) is 11.5 Å². The van der Waals surface area contributed by atoms with Crippen LogP contribution in [0.1, 0.15) is 27.9 Å². The molecule has 0 aromatic heterocycles. The number of hydrogen-bond donors (Lipinski definition) is 2. The van der Waals surface area contributed by atoms with Crippen molar-refractivity contribution in [3.63, 3.8) is 0 Å². The summed E-state index contributed by atoms with van der Waals surface area (Å²) in [6.45, 7) is 0. The van der Waals surface area contributed by atoms with Crippen LogP contribution in [0.4, 0.5) is 0 Å². The molecule has 0 heterocycles. The molecule has 0 atom stereocenters. The molecule has 0 saturated heterocycles. The van der Waals surface area contributed by atoms with Crippen LogP contribution < -0.4 is 15.0 Å². The van der Waals surface area contributed by atoms with Gasteiger partial charge in [0.15, 0.2) is 5.78 Å². The summed E-state index contributed by atoms with van der Waals surface area (Å²) >= 11 is 0. The molecule has 0 bridgehead atoms. The molecule has 0 saturated carbocycles. The van der Waals surface area contributed by atoms with E-state index in [4.69, 9.17) is 19.4 Å². The van der Waals surface area contributed by atoms with Gasteiger partial charge in [-0.1, -0.05) is 0 Å². The van der Waals surface area contributed by atoms with Gasteiger partial charge in [0.25, 0.3) is 0 Å². The van der Waals surface area contributed by atoms with E-state index in [1.807, 2.05) is 0 Å². The number of ketones is 1.